The molecular formula is C18H26N4O2. The third-order valence-corrected chi connectivity index (χ3v) is 4.90. The van der Waals surface area contributed by atoms with Crippen LogP contribution in [-0.2, 0) is 4.79 Å². The smallest absolute Gasteiger partial charge is 0.272 e. The lowest BCUT2D eigenvalue weighted by Gasteiger charge is -2.34. The topological polar surface area (TPSA) is 56.8 Å². The van der Waals surface area contributed by atoms with Crippen LogP contribution in [0, 0.1) is 0 Å². The molecule has 0 aliphatic carbocycles. The molecule has 24 heavy (non-hydrogen) atoms. The lowest BCUT2D eigenvalue weighted by Crippen LogP contribution is -2.50. The molecule has 2 aliphatic rings. The van der Waals surface area contributed by atoms with Gasteiger partial charge in [-0.1, -0.05) is 18.9 Å². The third-order valence-electron chi connectivity index (χ3n) is 4.90. The molecule has 2 aliphatic heterocycles. The average molecular weight is 330 g/mol. The zero-order valence-corrected chi connectivity index (χ0v) is 14.4. The molecule has 2 amide bonds. The van der Waals surface area contributed by atoms with Gasteiger partial charge in [-0.3, -0.25) is 9.59 Å². The molecule has 1 aromatic rings. The molecule has 0 aromatic carbocycles. The summed E-state index contributed by atoms with van der Waals surface area (Å²) < 4.78 is 0. The van der Waals surface area contributed by atoms with Crippen molar-refractivity contribution in [3.05, 3.63) is 23.9 Å². The Labute approximate surface area is 143 Å². The first-order valence-corrected chi connectivity index (χ1v) is 8.92. The van der Waals surface area contributed by atoms with Crippen LogP contribution < -0.4 is 4.90 Å². The van der Waals surface area contributed by atoms with Crippen LogP contribution in [0.4, 0.5) is 5.82 Å². The van der Waals surface area contributed by atoms with Crippen molar-refractivity contribution < 1.29 is 9.59 Å². The van der Waals surface area contributed by atoms with Crippen molar-refractivity contribution in [1.82, 2.24) is 14.8 Å². The number of anilines is 1. The summed E-state index contributed by atoms with van der Waals surface area (Å²) in [5.41, 5.74) is 0.507. The fourth-order valence-corrected chi connectivity index (χ4v) is 3.40. The number of nitrogens with zero attached hydrogens (tertiary/aromatic N) is 4. The van der Waals surface area contributed by atoms with Crippen LogP contribution in [0.5, 0.6) is 0 Å². The van der Waals surface area contributed by atoms with Crippen LogP contribution in [0.1, 0.15) is 43.1 Å². The first-order chi connectivity index (χ1) is 11.6. The molecule has 0 radical (unpaired) electrons. The average Bonchev–Trinajstić information content (AvgIpc) is 2.91. The van der Waals surface area contributed by atoms with Gasteiger partial charge in [-0.15, -0.1) is 0 Å². The quantitative estimate of drug-likeness (QED) is 0.829. The van der Waals surface area contributed by atoms with E-state index in [-0.39, 0.29) is 11.8 Å². The van der Waals surface area contributed by atoms with Crippen molar-refractivity contribution >= 4 is 17.6 Å². The zero-order chi connectivity index (χ0) is 16.9. The molecule has 0 bridgehead atoms. The van der Waals surface area contributed by atoms with E-state index >= 15 is 0 Å². The van der Waals surface area contributed by atoms with Crippen LogP contribution >= 0.6 is 0 Å². The third kappa shape index (κ3) is 3.86. The second-order valence-corrected chi connectivity index (χ2v) is 6.58. The minimum absolute atomic E-state index is 0.0325. The SMILES string of the molecule is CC(=O)N1CCN(C(=O)c2cccc(N3CCCCCC3)n2)CC1. The van der Waals surface area contributed by atoms with E-state index < -0.39 is 0 Å². The normalized spacial score (nSPS) is 19.1. The molecule has 0 unspecified atom stereocenters. The van der Waals surface area contributed by atoms with Crippen LogP contribution in [0.25, 0.3) is 0 Å². The van der Waals surface area contributed by atoms with E-state index in [4.69, 9.17) is 0 Å². The van der Waals surface area contributed by atoms with E-state index in [1.165, 1.54) is 25.7 Å². The van der Waals surface area contributed by atoms with Gasteiger partial charge in [0.25, 0.3) is 5.91 Å². The maximum Gasteiger partial charge on any atom is 0.272 e. The Hall–Kier alpha value is -2.11. The Balaban J connectivity index is 1.67. The molecule has 6 nitrogen and oxygen atoms in total. The summed E-state index contributed by atoms with van der Waals surface area (Å²) in [7, 11) is 0. The van der Waals surface area contributed by atoms with Crippen LogP contribution in [0.15, 0.2) is 18.2 Å². The molecule has 3 rings (SSSR count). The second-order valence-electron chi connectivity index (χ2n) is 6.58. The molecule has 0 atom stereocenters. The van der Waals surface area contributed by atoms with Gasteiger partial charge in [0.15, 0.2) is 0 Å². The van der Waals surface area contributed by atoms with Crippen LogP contribution in [-0.4, -0.2) is 65.9 Å². The van der Waals surface area contributed by atoms with Gasteiger partial charge in [0, 0.05) is 46.2 Å². The number of carbonyl (C=O) groups excluding carboxylic acids is 2. The van der Waals surface area contributed by atoms with Crippen molar-refractivity contribution in [3.8, 4) is 0 Å². The highest BCUT2D eigenvalue weighted by Crippen LogP contribution is 2.18. The fraction of sp³-hybridized carbons (Fsp3) is 0.611. The Morgan fingerprint density at radius 1 is 0.875 bits per heavy atom. The first kappa shape index (κ1) is 16.7. The van der Waals surface area contributed by atoms with Crippen LogP contribution in [0.3, 0.4) is 0 Å². The van der Waals surface area contributed by atoms with E-state index in [1.807, 2.05) is 12.1 Å². The minimum Gasteiger partial charge on any atom is -0.357 e. The summed E-state index contributed by atoms with van der Waals surface area (Å²) in [6.45, 7) is 5.97. The van der Waals surface area contributed by atoms with Gasteiger partial charge in [-0.25, -0.2) is 4.98 Å². The minimum atomic E-state index is -0.0325. The number of pyridine rings is 1. The van der Waals surface area contributed by atoms with E-state index in [2.05, 4.69) is 9.88 Å². The lowest BCUT2D eigenvalue weighted by molar-refractivity contribution is -0.130. The number of aromatic nitrogens is 1. The number of hydrogen-bond acceptors (Lipinski definition) is 4. The summed E-state index contributed by atoms with van der Waals surface area (Å²) in [5.74, 6) is 0.948. The molecular weight excluding hydrogens is 304 g/mol. The van der Waals surface area contributed by atoms with Gasteiger partial charge in [0.1, 0.15) is 11.5 Å². The monoisotopic (exact) mass is 330 g/mol. The molecule has 3 heterocycles. The highest BCUT2D eigenvalue weighted by molar-refractivity contribution is 5.93. The van der Waals surface area contributed by atoms with Crippen molar-refractivity contribution in [2.75, 3.05) is 44.2 Å². The molecule has 0 N–H and O–H groups in total. The van der Waals surface area contributed by atoms with Crippen LogP contribution in [0.2, 0.25) is 0 Å². The summed E-state index contributed by atoms with van der Waals surface area (Å²) in [6, 6.07) is 5.71. The van der Waals surface area contributed by atoms with E-state index in [1.54, 1.807) is 22.8 Å². The Bertz CT molecular complexity index is 588. The second kappa shape index (κ2) is 7.64. The summed E-state index contributed by atoms with van der Waals surface area (Å²) >= 11 is 0. The standard InChI is InChI=1S/C18H26N4O2/c1-15(23)20-11-13-22(14-12-20)18(24)16-7-6-8-17(19-16)21-9-4-2-3-5-10-21/h6-8H,2-5,9-14H2,1H3. The summed E-state index contributed by atoms with van der Waals surface area (Å²) in [4.78, 5) is 34.6. The Morgan fingerprint density at radius 2 is 1.50 bits per heavy atom. The van der Waals surface area contributed by atoms with E-state index in [0.29, 0.717) is 31.9 Å². The van der Waals surface area contributed by atoms with Crippen molar-refractivity contribution in [2.45, 2.75) is 32.6 Å². The van der Waals surface area contributed by atoms with Gasteiger partial charge >= 0.3 is 0 Å². The Kier molecular flexibility index (Phi) is 5.33. The molecule has 0 saturated carbocycles. The number of piperazine rings is 1. The molecule has 0 spiro atoms. The maximum absolute atomic E-state index is 12.7. The molecule has 2 fully saturated rings. The first-order valence-electron chi connectivity index (χ1n) is 8.92. The van der Waals surface area contributed by atoms with Gasteiger partial charge in [-0.2, -0.15) is 0 Å². The van der Waals surface area contributed by atoms with Crippen molar-refractivity contribution in [3.63, 3.8) is 0 Å². The number of rotatable bonds is 2. The van der Waals surface area contributed by atoms with Gasteiger partial charge in [0.05, 0.1) is 0 Å². The van der Waals surface area contributed by atoms with Crippen molar-refractivity contribution in [1.29, 1.82) is 0 Å². The van der Waals surface area contributed by atoms with E-state index in [0.717, 1.165) is 18.9 Å². The highest BCUT2D eigenvalue weighted by atomic mass is 16.2. The fourth-order valence-electron chi connectivity index (χ4n) is 3.40. The zero-order valence-electron chi connectivity index (χ0n) is 14.4. The van der Waals surface area contributed by atoms with E-state index in [9.17, 15) is 9.59 Å². The molecule has 1 aromatic heterocycles. The van der Waals surface area contributed by atoms with Gasteiger partial charge < -0.3 is 14.7 Å². The molecule has 130 valence electrons. The summed E-state index contributed by atoms with van der Waals surface area (Å²) in [5, 5.41) is 0. The van der Waals surface area contributed by atoms with Crippen molar-refractivity contribution in [2.24, 2.45) is 0 Å². The largest absolute Gasteiger partial charge is 0.357 e. The predicted octanol–water partition coefficient (Wildman–Crippen LogP) is 1.77. The maximum atomic E-state index is 12.7. The lowest BCUT2D eigenvalue weighted by atomic mass is 10.2. The summed E-state index contributed by atoms with van der Waals surface area (Å²) in [6.07, 6.45) is 4.92. The number of carbonyl (C=O) groups is 2. The molecule has 6 heteroatoms. The Morgan fingerprint density at radius 3 is 2.12 bits per heavy atom. The number of amides is 2. The molecule has 2 saturated heterocycles. The number of hydrogen-bond donors (Lipinski definition) is 0. The highest BCUT2D eigenvalue weighted by Gasteiger charge is 2.24. The predicted molar refractivity (Wildman–Crippen MR) is 93.1 cm³/mol. The van der Waals surface area contributed by atoms with Gasteiger partial charge in [-0.05, 0) is 25.0 Å². The van der Waals surface area contributed by atoms with Gasteiger partial charge in [0.2, 0.25) is 5.91 Å².